The highest BCUT2D eigenvalue weighted by atomic mass is 16.5. The maximum atomic E-state index is 10.9. The van der Waals surface area contributed by atoms with Crippen molar-refractivity contribution in [2.24, 2.45) is 5.92 Å². The Morgan fingerprint density at radius 3 is 2.44 bits per heavy atom. The number of carbonyl (C=O) groups is 1. The second-order valence-electron chi connectivity index (χ2n) is 5.28. The highest BCUT2D eigenvalue weighted by Crippen LogP contribution is 2.06. The number of nitrogens with zero attached hydrogens (tertiary/aromatic N) is 2. The van der Waals surface area contributed by atoms with Crippen LogP contribution < -0.4 is 0 Å². The van der Waals surface area contributed by atoms with Gasteiger partial charge in [-0.25, -0.2) is 0 Å². The molecule has 1 rings (SSSR count). The Morgan fingerprint density at radius 1 is 1.33 bits per heavy atom. The summed E-state index contributed by atoms with van der Waals surface area (Å²) in [6, 6.07) is 0.382. The molecule has 1 heterocycles. The summed E-state index contributed by atoms with van der Waals surface area (Å²) >= 11 is 0. The van der Waals surface area contributed by atoms with Crippen LogP contribution in [0.4, 0.5) is 0 Å². The van der Waals surface area contributed by atoms with Gasteiger partial charge in [0.25, 0.3) is 0 Å². The van der Waals surface area contributed by atoms with Crippen LogP contribution in [0.3, 0.4) is 0 Å². The zero-order valence-corrected chi connectivity index (χ0v) is 11.8. The Morgan fingerprint density at radius 2 is 1.94 bits per heavy atom. The third-order valence-electron chi connectivity index (χ3n) is 3.47. The van der Waals surface area contributed by atoms with Crippen LogP contribution in [0.25, 0.3) is 0 Å². The minimum absolute atomic E-state index is 0.308. The van der Waals surface area contributed by atoms with E-state index in [9.17, 15) is 4.79 Å². The van der Waals surface area contributed by atoms with Crippen molar-refractivity contribution < 1.29 is 14.6 Å². The van der Waals surface area contributed by atoms with Crippen molar-refractivity contribution in [2.75, 3.05) is 45.9 Å². The molecule has 1 aliphatic heterocycles. The van der Waals surface area contributed by atoms with Gasteiger partial charge in [0.2, 0.25) is 0 Å². The second-order valence-corrected chi connectivity index (χ2v) is 5.28. The van der Waals surface area contributed by atoms with Crippen molar-refractivity contribution in [2.45, 2.75) is 26.8 Å². The van der Waals surface area contributed by atoms with Gasteiger partial charge in [-0.05, 0) is 13.8 Å². The van der Waals surface area contributed by atoms with Crippen LogP contribution >= 0.6 is 0 Å². The fourth-order valence-corrected chi connectivity index (χ4v) is 2.08. The first-order valence-corrected chi connectivity index (χ1v) is 6.77. The lowest BCUT2D eigenvalue weighted by Crippen LogP contribution is -2.45. The normalized spacial score (nSPS) is 19.4. The molecule has 1 saturated heterocycles. The first kappa shape index (κ1) is 15.4. The van der Waals surface area contributed by atoms with E-state index in [0.717, 1.165) is 39.4 Å². The summed E-state index contributed by atoms with van der Waals surface area (Å²) in [7, 11) is 0. The molecule has 5 nitrogen and oxygen atoms in total. The average Bonchev–Trinajstić information content (AvgIpc) is 2.34. The summed E-state index contributed by atoms with van der Waals surface area (Å²) < 4.78 is 5.32. The molecule has 0 radical (unpaired) electrons. The van der Waals surface area contributed by atoms with Gasteiger partial charge in [0.15, 0.2) is 0 Å². The number of hydrogen-bond acceptors (Lipinski definition) is 4. The molecule has 18 heavy (non-hydrogen) atoms. The molecule has 0 bridgehead atoms. The van der Waals surface area contributed by atoms with Gasteiger partial charge in [-0.15, -0.1) is 0 Å². The van der Waals surface area contributed by atoms with Gasteiger partial charge in [0, 0.05) is 38.8 Å². The van der Waals surface area contributed by atoms with E-state index in [2.05, 4.69) is 23.6 Å². The molecule has 1 unspecified atom stereocenters. The Labute approximate surface area is 110 Å². The Hall–Kier alpha value is -0.650. The van der Waals surface area contributed by atoms with Crippen LogP contribution in [-0.2, 0) is 9.53 Å². The third kappa shape index (κ3) is 5.33. The minimum atomic E-state index is -0.716. The Balaban J connectivity index is 2.35. The molecule has 106 valence electrons. The van der Waals surface area contributed by atoms with Gasteiger partial charge in [-0.1, -0.05) is 6.92 Å². The highest BCUT2D eigenvalue weighted by molar-refractivity contribution is 5.69. The minimum Gasteiger partial charge on any atom is -0.481 e. The lowest BCUT2D eigenvalue weighted by molar-refractivity contribution is -0.141. The topological polar surface area (TPSA) is 53.0 Å². The fraction of sp³-hybridized carbons (Fsp3) is 0.923. The summed E-state index contributed by atoms with van der Waals surface area (Å²) in [4.78, 5) is 15.5. The maximum Gasteiger partial charge on any atom is 0.307 e. The number of carboxylic acids is 1. The summed E-state index contributed by atoms with van der Waals surface area (Å²) in [5, 5.41) is 8.98. The third-order valence-corrected chi connectivity index (χ3v) is 3.47. The predicted molar refractivity (Wildman–Crippen MR) is 70.8 cm³/mol. The van der Waals surface area contributed by atoms with E-state index in [1.165, 1.54) is 0 Å². The van der Waals surface area contributed by atoms with Crippen LogP contribution in [0.2, 0.25) is 0 Å². The van der Waals surface area contributed by atoms with E-state index < -0.39 is 5.97 Å². The van der Waals surface area contributed by atoms with Gasteiger partial charge in [0.05, 0.1) is 19.1 Å². The molecule has 1 aliphatic rings. The van der Waals surface area contributed by atoms with Crippen LogP contribution in [0, 0.1) is 5.92 Å². The first-order chi connectivity index (χ1) is 8.50. The van der Waals surface area contributed by atoms with Crippen molar-refractivity contribution in [1.82, 2.24) is 9.80 Å². The molecule has 0 aromatic rings. The maximum absolute atomic E-state index is 10.9. The molecule has 0 spiro atoms. The van der Waals surface area contributed by atoms with E-state index in [1.54, 1.807) is 6.92 Å². The molecule has 1 atom stereocenters. The summed E-state index contributed by atoms with van der Waals surface area (Å²) in [6.07, 6.45) is 0. The Bertz CT molecular complexity index is 253. The quantitative estimate of drug-likeness (QED) is 0.730. The summed E-state index contributed by atoms with van der Waals surface area (Å²) in [5.41, 5.74) is 0. The van der Waals surface area contributed by atoms with Crippen LogP contribution in [0.5, 0.6) is 0 Å². The van der Waals surface area contributed by atoms with Crippen LogP contribution in [0.15, 0.2) is 0 Å². The molecule has 1 N–H and O–H groups in total. The number of morpholine rings is 1. The molecule has 0 aliphatic carbocycles. The van der Waals surface area contributed by atoms with Crippen molar-refractivity contribution in [3.63, 3.8) is 0 Å². The summed E-state index contributed by atoms with van der Waals surface area (Å²) in [6.45, 7) is 12.1. The molecular weight excluding hydrogens is 232 g/mol. The molecule has 0 aromatic heterocycles. The highest BCUT2D eigenvalue weighted by Gasteiger charge is 2.19. The molecule has 1 fully saturated rings. The lowest BCUT2D eigenvalue weighted by Gasteiger charge is -2.32. The Kier molecular flexibility index (Phi) is 6.60. The van der Waals surface area contributed by atoms with Gasteiger partial charge in [-0.3, -0.25) is 14.6 Å². The van der Waals surface area contributed by atoms with Gasteiger partial charge >= 0.3 is 5.97 Å². The van der Waals surface area contributed by atoms with E-state index in [1.807, 2.05) is 0 Å². The number of carboxylic acid groups (broad SMARTS) is 1. The van der Waals surface area contributed by atoms with Crippen molar-refractivity contribution in [1.29, 1.82) is 0 Å². The van der Waals surface area contributed by atoms with E-state index >= 15 is 0 Å². The number of hydrogen-bond donors (Lipinski definition) is 1. The van der Waals surface area contributed by atoms with Crippen molar-refractivity contribution in [3.05, 3.63) is 0 Å². The van der Waals surface area contributed by atoms with Gasteiger partial charge in [0.1, 0.15) is 0 Å². The van der Waals surface area contributed by atoms with Gasteiger partial charge in [-0.2, -0.15) is 0 Å². The van der Waals surface area contributed by atoms with Crippen LogP contribution in [-0.4, -0.2) is 72.9 Å². The van der Waals surface area contributed by atoms with E-state index in [0.29, 0.717) is 12.6 Å². The zero-order valence-electron chi connectivity index (χ0n) is 11.8. The number of ether oxygens (including phenoxy) is 1. The smallest absolute Gasteiger partial charge is 0.307 e. The predicted octanol–water partition coefficient (Wildman–Crippen LogP) is 0.750. The number of rotatable bonds is 7. The largest absolute Gasteiger partial charge is 0.481 e. The van der Waals surface area contributed by atoms with Gasteiger partial charge < -0.3 is 9.84 Å². The van der Waals surface area contributed by atoms with Crippen molar-refractivity contribution in [3.8, 4) is 0 Å². The molecule has 0 saturated carbocycles. The zero-order chi connectivity index (χ0) is 13.5. The standard InChI is InChI=1S/C13H26N2O3/c1-11(2)15(10-12(3)13(16)17)5-4-14-6-8-18-9-7-14/h11-12H,4-10H2,1-3H3,(H,16,17). The fourth-order valence-electron chi connectivity index (χ4n) is 2.08. The first-order valence-electron chi connectivity index (χ1n) is 6.77. The van der Waals surface area contributed by atoms with E-state index in [4.69, 9.17) is 9.84 Å². The molecule has 0 aromatic carbocycles. The molecule has 0 amide bonds. The van der Waals surface area contributed by atoms with Crippen LogP contribution in [0.1, 0.15) is 20.8 Å². The molecule has 5 heteroatoms. The van der Waals surface area contributed by atoms with Crippen molar-refractivity contribution >= 4 is 5.97 Å². The van der Waals surface area contributed by atoms with E-state index in [-0.39, 0.29) is 5.92 Å². The second kappa shape index (κ2) is 7.71. The average molecular weight is 258 g/mol. The number of aliphatic carboxylic acids is 1. The SMILES string of the molecule is CC(CN(CCN1CCOCC1)C(C)C)C(=O)O. The lowest BCUT2D eigenvalue weighted by atomic mass is 10.1. The molecular formula is C13H26N2O3. The summed E-state index contributed by atoms with van der Waals surface area (Å²) in [5.74, 6) is -1.02. The monoisotopic (exact) mass is 258 g/mol.